The lowest BCUT2D eigenvalue weighted by Gasteiger charge is -2.25. The van der Waals surface area contributed by atoms with Crippen molar-refractivity contribution in [2.45, 2.75) is 44.1 Å². The summed E-state index contributed by atoms with van der Waals surface area (Å²) < 4.78 is 16.1. The average molecular weight is 245 g/mol. The van der Waals surface area contributed by atoms with E-state index >= 15 is 0 Å². The SMILES string of the molecule is O=C1N[C@H](COC2CCCCO2)[C@@H](CCO)O1. The standard InChI is InChI=1S/C11H19NO5/c13-5-4-9-8(12-11(14)17-9)7-16-10-3-1-2-6-15-10/h8-10,13H,1-7H2,(H,12,14)/t8-,9-,10?/m1/s1. The van der Waals surface area contributed by atoms with Crippen LogP contribution in [0.5, 0.6) is 0 Å². The first-order chi connectivity index (χ1) is 8.29. The van der Waals surface area contributed by atoms with Crippen LogP contribution in [0.25, 0.3) is 0 Å². The lowest BCUT2D eigenvalue weighted by atomic mass is 10.1. The van der Waals surface area contributed by atoms with Gasteiger partial charge in [0.15, 0.2) is 6.29 Å². The number of nitrogens with one attached hydrogen (secondary N) is 1. The molecule has 0 aliphatic carbocycles. The third-order valence-corrected chi connectivity index (χ3v) is 3.02. The maximum atomic E-state index is 11.1. The van der Waals surface area contributed by atoms with Crippen LogP contribution in [0.15, 0.2) is 0 Å². The van der Waals surface area contributed by atoms with Crippen LogP contribution in [-0.4, -0.2) is 49.5 Å². The first-order valence-electron chi connectivity index (χ1n) is 6.11. The van der Waals surface area contributed by atoms with Crippen LogP contribution < -0.4 is 5.32 Å². The number of amides is 1. The van der Waals surface area contributed by atoms with E-state index in [2.05, 4.69) is 5.32 Å². The van der Waals surface area contributed by atoms with Crippen LogP contribution in [0, 0.1) is 0 Å². The van der Waals surface area contributed by atoms with Crippen LogP contribution in [-0.2, 0) is 14.2 Å². The fourth-order valence-electron chi connectivity index (χ4n) is 2.09. The molecule has 2 aliphatic rings. The molecule has 6 nitrogen and oxygen atoms in total. The van der Waals surface area contributed by atoms with E-state index in [0.29, 0.717) is 13.0 Å². The molecule has 2 saturated heterocycles. The molecular weight excluding hydrogens is 226 g/mol. The number of carbonyl (C=O) groups excluding carboxylic acids is 1. The van der Waals surface area contributed by atoms with E-state index in [9.17, 15) is 4.79 Å². The first-order valence-corrected chi connectivity index (χ1v) is 6.11. The van der Waals surface area contributed by atoms with Crippen LogP contribution in [0.4, 0.5) is 4.79 Å². The van der Waals surface area contributed by atoms with Crippen molar-refractivity contribution in [1.82, 2.24) is 5.32 Å². The lowest BCUT2D eigenvalue weighted by Crippen LogP contribution is -2.38. The summed E-state index contributed by atoms with van der Waals surface area (Å²) in [7, 11) is 0. The van der Waals surface area contributed by atoms with Crippen molar-refractivity contribution < 1.29 is 24.1 Å². The quantitative estimate of drug-likeness (QED) is 0.732. The van der Waals surface area contributed by atoms with Gasteiger partial charge in [0.1, 0.15) is 6.10 Å². The highest BCUT2D eigenvalue weighted by atomic mass is 16.7. The van der Waals surface area contributed by atoms with Gasteiger partial charge in [0, 0.05) is 19.6 Å². The van der Waals surface area contributed by atoms with Gasteiger partial charge < -0.3 is 24.6 Å². The molecule has 1 unspecified atom stereocenters. The van der Waals surface area contributed by atoms with Gasteiger partial charge in [0.05, 0.1) is 12.6 Å². The topological polar surface area (TPSA) is 77.0 Å². The van der Waals surface area contributed by atoms with Crippen molar-refractivity contribution >= 4 is 6.09 Å². The van der Waals surface area contributed by atoms with Crippen molar-refractivity contribution in [3.05, 3.63) is 0 Å². The second-order valence-corrected chi connectivity index (χ2v) is 4.34. The third-order valence-electron chi connectivity index (χ3n) is 3.02. The lowest BCUT2D eigenvalue weighted by molar-refractivity contribution is -0.167. The molecule has 0 aromatic rings. The zero-order valence-corrected chi connectivity index (χ0v) is 9.76. The minimum Gasteiger partial charge on any atom is -0.444 e. The van der Waals surface area contributed by atoms with Crippen LogP contribution in [0.1, 0.15) is 25.7 Å². The van der Waals surface area contributed by atoms with Gasteiger partial charge in [-0.1, -0.05) is 0 Å². The highest BCUT2D eigenvalue weighted by Crippen LogP contribution is 2.17. The Morgan fingerprint density at radius 1 is 1.47 bits per heavy atom. The van der Waals surface area contributed by atoms with E-state index in [0.717, 1.165) is 25.9 Å². The maximum absolute atomic E-state index is 11.1. The van der Waals surface area contributed by atoms with Gasteiger partial charge in [-0.3, -0.25) is 0 Å². The fraction of sp³-hybridized carbons (Fsp3) is 0.909. The molecule has 0 radical (unpaired) electrons. The minimum atomic E-state index is -0.443. The molecule has 0 saturated carbocycles. The second-order valence-electron chi connectivity index (χ2n) is 4.34. The fourth-order valence-corrected chi connectivity index (χ4v) is 2.09. The van der Waals surface area contributed by atoms with Crippen molar-refractivity contribution in [3.8, 4) is 0 Å². The molecule has 3 atom stereocenters. The van der Waals surface area contributed by atoms with Crippen LogP contribution >= 0.6 is 0 Å². The van der Waals surface area contributed by atoms with Crippen molar-refractivity contribution in [2.24, 2.45) is 0 Å². The Hall–Kier alpha value is -0.850. The van der Waals surface area contributed by atoms with E-state index in [4.69, 9.17) is 19.3 Å². The summed E-state index contributed by atoms with van der Waals surface area (Å²) in [4.78, 5) is 11.1. The smallest absolute Gasteiger partial charge is 0.407 e. The normalized spacial score (nSPS) is 33.2. The zero-order valence-electron chi connectivity index (χ0n) is 9.76. The molecule has 2 aliphatic heterocycles. The molecule has 0 bridgehead atoms. The predicted octanol–water partition coefficient (Wildman–Crippen LogP) is 0.389. The highest BCUT2D eigenvalue weighted by molar-refractivity contribution is 5.70. The molecule has 0 spiro atoms. The van der Waals surface area contributed by atoms with Crippen molar-refractivity contribution in [2.75, 3.05) is 19.8 Å². The monoisotopic (exact) mass is 245 g/mol. The molecule has 98 valence electrons. The summed E-state index contributed by atoms with van der Waals surface area (Å²) in [5, 5.41) is 11.5. The van der Waals surface area contributed by atoms with Crippen LogP contribution in [0.2, 0.25) is 0 Å². The summed E-state index contributed by atoms with van der Waals surface area (Å²) in [6, 6.07) is -0.194. The number of hydrogen-bond acceptors (Lipinski definition) is 5. The zero-order chi connectivity index (χ0) is 12.1. The molecular formula is C11H19NO5. The van der Waals surface area contributed by atoms with Gasteiger partial charge in [0.25, 0.3) is 0 Å². The molecule has 1 amide bonds. The van der Waals surface area contributed by atoms with E-state index < -0.39 is 6.09 Å². The van der Waals surface area contributed by atoms with E-state index in [-0.39, 0.29) is 25.0 Å². The Bertz CT molecular complexity index is 254. The largest absolute Gasteiger partial charge is 0.444 e. The predicted molar refractivity (Wildman–Crippen MR) is 58.4 cm³/mol. The number of aliphatic hydroxyl groups excluding tert-OH is 1. The Morgan fingerprint density at radius 3 is 3.06 bits per heavy atom. The molecule has 17 heavy (non-hydrogen) atoms. The number of aliphatic hydroxyl groups is 1. The van der Waals surface area contributed by atoms with E-state index in [1.807, 2.05) is 0 Å². The molecule has 2 N–H and O–H groups in total. The highest BCUT2D eigenvalue weighted by Gasteiger charge is 2.34. The number of rotatable bonds is 5. The maximum Gasteiger partial charge on any atom is 0.407 e. The summed E-state index contributed by atoms with van der Waals surface area (Å²) in [6.07, 6.45) is 2.59. The number of hydrogen-bond donors (Lipinski definition) is 2. The van der Waals surface area contributed by atoms with Crippen molar-refractivity contribution in [3.63, 3.8) is 0 Å². The van der Waals surface area contributed by atoms with Gasteiger partial charge in [0.2, 0.25) is 0 Å². The Kier molecular flexibility index (Phi) is 4.58. The Labute approximate surface area is 100 Å². The molecule has 6 heteroatoms. The van der Waals surface area contributed by atoms with Gasteiger partial charge in [-0.25, -0.2) is 4.79 Å². The molecule has 2 rings (SSSR count). The summed E-state index contributed by atoms with van der Waals surface area (Å²) in [5.41, 5.74) is 0. The second kappa shape index (κ2) is 6.18. The van der Waals surface area contributed by atoms with E-state index in [1.165, 1.54) is 0 Å². The summed E-state index contributed by atoms with van der Waals surface area (Å²) in [5.74, 6) is 0. The summed E-state index contributed by atoms with van der Waals surface area (Å²) in [6.45, 7) is 1.09. The molecule has 0 aromatic heterocycles. The molecule has 2 fully saturated rings. The Balaban J connectivity index is 1.74. The van der Waals surface area contributed by atoms with Crippen molar-refractivity contribution in [1.29, 1.82) is 0 Å². The first kappa shape index (κ1) is 12.6. The number of cyclic esters (lactones) is 1. The molecule has 2 heterocycles. The number of carbonyl (C=O) groups is 1. The summed E-state index contributed by atoms with van der Waals surface area (Å²) >= 11 is 0. The van der Waals surface area contributed by atoms with Gasteiger partial charge in [-0.05, 0) is 19.3 Å². The van der Waals surface area contributed by atoms with E-state index in [1.54, 1.807) is 0 Å². The molecule has 0 aromatic carbocycles. The average Bonchev–Trinajstić information content (AvgIpc) is 2.69. The van der Waals surface area contributed by atoms with Gasteiger partial charge in [-0.2, -0.15) is 0 Å². The van der Waals surface area contributed by atoms with Gasteiger partial charge in [-0.15, -0.1) is 0 Å². The van der Waals surface area contributed by atoms with Gasteiger partial charge >= 0.3 is 6.09 Å². The number of ether oxygens (including phenoxy) is 3. The van der Waals surface area contributed by atoms with Crippen LogP contribution in [0.3, 0.4) is 0 Å². The minimum absolute atomic E-state index is 0.00391. The number of alkyl carbamates (subject to hydrolysis) is 1. The third kappa shape index (κ3) is 3.55. The Morgan fingerprint density at radius 2 is 2.35 bits per heavy atom.